The second-order valence-corrected chi connectivity index (χ2v) is 4.94. The average Bonchev–Trinajstić information content (AvgIpc) is 2.45. The smallest absolute Gasteiger partial charge is 0.122 e. The number of hydrogen-bond donors (Lipinski definition) is 1. The fourth-order valence-electron chi connectivity index (χ4n) is 2.23. The quantitative estimate of drug-likeness (QED) is 0.904. The van der Waals surface area contributed by atoms with Gasteiger partial charge in [-0.2, -0.15) is 0 Å². The minimum Gasteiger partial charge on any atom is -0.496 e. The Morgan fingerprint density at radius 3 is 2.63 bits per heavy atom. The molecule has 100 valence electrons. The lowest BCUT2D eigenvalue weighted by Gasteiger charge is -2.17. The second kappa shape index (κ2) is 6.60. The second-order valence-electron chi connectivity index (χ2n) is 4.50. The zero-order chi connectivity index (χ0) is 13.7. The Bertz CT molecular complexity index is 542. The van der Waals surface area contributed by atoms with Gasteiger partial charge < -0.3 is 10.5 Å². The first-order valence-electron chi connectivity index (χ1n) is 6.32. The molecule has 0 aliphatic carbocycles. The maximum absolute atomic E-state index is 6.04. The van der Waals surface area contributed by atoms with Gasteiger partial charge in [0.15, 0.2) is 0 Å². The maximum Gasteiger partial charge on any atom is 0.122 e. The molecule has 19 heavy (non-hydrogen) atoms. The average molecular weight is 276 g/mol. The Balaban J connectivity index is 2.24. The lowest BCUT2D eigenvalue weighted by Crippen LogP contribution is -2.15. The van der Waals surface area contributed by atoms with Crippen molar-refractivity contribution in [3.8, 4) is 5.75 Å². The molecule has 0 fully saturated rings. The van der Waals surface area contributed by atoms with Gasteiger partial charge in [0.25, 0.3) is 0 Å². The Hall–Kier alpha value is -1.51. The summed E-state index contributed by atoms with van der Waals surface area (Å²) in [6, 6.07) is 15.9. The first kappa shape index (κ1) is 13.9. The van der Waals surface area contributed by atoms with Crippen LogP contribution in [0.2, 0.25) is 5.02 Å². The molecule has 2 aromatic rings. The molecule has 0 saturated heterocycles. The Kier molecular flexibility index (Phi) is 4.83. The molecule has 0 radical (unpaired) electrons. The summed E-state index contributed by atoms with van der Waals surface area (Å²) < 4.78 is 5.38. The van der Waals surface area contributed by atoms with Crippen LogP contribution in [-0.2, 0) is 6.42 Å². The summed E-state index contributed by atoms with van der Waals surface area (Å²) in [5, 5.41) is 0.746. The van der Waals surface area contributed by atoms with Crippen LogP contribution in [0, 0.1) is 0 Å². The normalized spacial score (nSPS) is 12.2. The molecule has 2 rings (SSSR count). The van der Waals surface area contributed by atoms with E-state index in [0.717, 1.165) is 17.2 Å². The van der Waals surface area contributed by atoms with Crippen LogP contribution in [0.25, 0.3) is 0 Å². The van der Waals surface area contributed by atoms with Crippen LogP contribution in [0.3, 0.4) is 0 Å². The highest BCUT2D eigenvalue weighted by molar-refractivity contribution is 6.30. The Morgan fingerprint density at radius 1 is 1.16 bits per heavy atom. The fraction of sp³-hybridized carbons (Fsp3) is 0.250. The van der Waals surface area contributed by atoms with Gasteiger partial charge in [0.2, 0.25) is 0 Å². The molecule has 0 aromatic heterocycles. The Morgan fingerprint density at radius 2 is 1.95 bits per heavy atom. The van der Waals surface area contributed by atoms with Gasteiger partial charge in [-0.1, -0.05) is 41.9 Å². The number of halogens is 1. The van der Waals surface area contributed by atoms with Crippen molar-refractivity contribution >= 4 is 11.6 Å². The van der Waals surface area contributed by atoms with E-state index in [4.69, 9.17) is 22.1 Å². The van der Waals surface area contributed by atoms with Gasteiger partial charge in [-0.15, -0.1) is 0 Å². The predicted octanol–water partition coefficient (Wildman–Crippen LogP) is 3.63. The summed E-state index contributed by atoms with van der Waals surface area (Å²) in [5.74, 6) is 1.15. The number of hydrogen-bond acceptors (Lipinski definition) is 2. The van der Waals surface area contributed by atoms with Crippen LogP contribution in [0.1, 0.15) is 17.0 Å². The zero-order valence-corrected chi connectivity index (χ0v) is 11.7. The van der Waals surface area contributed by atoms with E-state index in [-0.39, 0.29) is 5.92 Å². The van der Waals surface area contributed by atoms with Crippen molar-refractivity contribution in [3.05, 3.63) is 64.7 Å². The summed E-state index contributed by atoms with van der Waals surface area (Å²) in [7, 11) is 1.69. The molecule has 2 aromatic carbocycles. The van der Waals surface area contributed by atoms with Crippen LogP contribution in [0.4, 0.5) is 0 Å². The van der Waals surface area contributed by atoms with Gasteiger partial charge in [0.1, 0.15) is 5.75 Å². The van der Waals surface area contributed by atoms with Gasteiger partial charge in [0, 0.05) is 10.9 Å². The van der Waals surface area contributed by atoms with E-state index in [1.807, 2.05) is 36.4 Å². The van der Waals surface area contributed by atoms with Crippen LogP contribution >= 0.6 is 11.6 Å². The number of methoxy groups -OCH3 is 1. The standard InChI is InChI=1S/C16H18ClNO/c1-19-16-8-3-2-5-13(16)9-14(11-18)12-6-4-7-15(17)10-12/h2-8,10,14H,9,11,18H2,1H3. The molecular weight excluding hydrogens is 258 g/mol. The minimum absolute atomic E-state index is 0.245. The summed E-state index contributed by atoms with van der Waals surface area (Å²) in [4.78, 5) is 0. The van der Waals surface area contributed by atoms with Crippen molar-refractivity contribution in [1.29, 1.82) is 0 Å². The summed E-state index contributed by atoms with van der Waals surface area (Å²) in [5.41, 5.74) is 8.24. The predicted molar refractivity (Wildman–Crippen MR) is 79.9 cm³/mol. The summed E-state index contributed by atoms with van der Waals surface area (Å²) in [6.07, 6.45) is 0.848. The SMILES string of the molecule is COc1ccccc1CC(CN)c1cccc(Cl)c1. The highest BCUT2D eigenvalue weighted by Crippen LogP contribution is 2.27. The Labute approximate surface area is 119 Å². The first-order chi connectivity index (χ1) is 9.24. The maximum atomic E-state index is 6.04. The molecule has 0 aliphatic rings. The van der Waals surface area contributed by atoms with E-state index in [2.05, 4.69) is 12.1 Å². The number of para-hydroxylation sites is 1. The van der Waals surface area contributed by atoms with E-state index in [1.165, 1.54) is 11.1 Å². The number of rotatable bonds is 5. The molecule has 1 unspecified atom stereocenters. The van der Waals surface area contributed by atoms with Crippen LogP contribution in [0.5, 0.6) is 5.75 Å². The van der Waals surface area contributed by atoms with Crippen molar-refractivity contribution in [3.63, 3.8) is 0 Å². The zero-order valence-electron chi connectivity index (χ0n) is 11.0. The van der Waals surface area contributed by atoms with Crippen LogP contribution < -0.4 is 10.5 Å². The third-order valence-electron chi connectivity index (χ3n) is 3.26. The third kappa shape index (κ3) is 3.49. The number of nitrogens with two attached hydrogens (primary N) is 1. The van der Waals surface area contributed by atoms with Crippen LogP contribution in [0.15, 0.2) is 48.5 Å². The van der Waals surface area contributed by atoms with Crippen molar-refractivity contribution in [2.24, 2.45) is 5.73 Å². The van der Waals surface area contributed by atoms with Gasteiger partial charge >= 0.3 is 0 Å². The number of benzene rings is 2. The number of ether oxygens (including phenoxy) is 1. The molecule has 0 amide bonds. The molecule has 0 heterocycles. The van der Waals surface area contributed by atoms with E-state index in [0.29, 0.717) is 6.54 Å². The molecular formula is C16H18ClNO. The van der Waals surface area contributed by atoms with Crippen molar-refractivity contribution < 1.29 is 4.74 Å². The lowest BCUT2D eigenvalue weighted by atomic mass is 9.92. The van der Waals surface area contributed by atoms with Gasteiger partial charge in [-0.05, 0) is 42.3 Å². The van der Waals surface area contributed by atoms with Crippen molar-refractivity contribution in [2.75, 3.05) is 13.7 Å². The molecule has 0 saturated carbocycles. The van der Waals surface area contributed by atoms with Gasteiger partial charge in [-0.25, -0.2) is 0 Å². The van der Waals surface area contributed by atoms with E-state index >= 15 is 0 Å². The van der Waals surface area contributed by atoms with Crippen molar-refractivity contribution in [1.82, 2.24) is 0 Å². The molecule has 2 nitrogen and oxygen atoms in total. The van der Waals surface area contributed by atoms with E-state index < -0.39 is 0 Å². The van der Waals surface area contributed by atoms with Crippen LogP contribution in [-0.4, -0.2) is 13.7 Å². The summed E-state index contributed by atoms with van der Waals surface area (Å²) >= 11 is 6.04. The van der Waals surface area contributed by atoms with E-state index in [1.54, 1.807) is 7.11 Å². The monoisotopic (exact) mass is 275 g/mol. The van der Waals surface area contributed by atoms with E-state index in [9.17, 15) is 0 Å². The van der Waals surface area contributed by atoms with Crippen molar-refractivity contribution in [2.45, 2.75) is 12.3 Å². The van der Waals surface area contributed by atoms with Gasteiger partial charge in [0.05, 0.1) is 7.11 Å². The van der Waals surface area contributed by atoms with Gasteiger partial charge in [-0.3, -0.25) is 0 Å². The fourth-order valence-corrected chi connectivity index (χ4v) is 2.43. The largest absolute Gasteiger partial charge is 0.496 e. The molecule has 3 heteroatoms. The molecule has 1 atom stereocenters. The highest BCUT2D eigenvalue weighted by Gasteiger charge is 2.13. The summed E-state index contributed by atoms with van der Waals surface area (Å²) in [6.45, 7) is 0.582. The lowest BCUT2D eigenvalue weighted by molar-refractivity contribution is 0.408. The first-order valence-corrected chi connectivity index (χ1v) is 6.70. The minimum atomic E-state index is 0.245. The molecule has 0 aliphatic heterocycles. The molecule has 2 N–H and O–H groups in total. The molecule has 0 bridgehead atoms. The molecule has 0 spiro atoms. The topological polar surface area (TPSA) is 35.2 Å². The third-order valence-corrected chi connectivity index (χ3v) is 3.50. The highest BCUT2D eigenvalue weighted by atomic mass is 35.5.